The highest BCUT2D eigenvalue weighted by Gasteiger charge is 2.40. The van der Waals surface area contributed by atoms with Crippen LogP contribution in [-0.4, -0.2) is 76.0 Å². The van der Waals surface area contributed by atoms with E-state index in [1.54, 1.807) is 22.4 Å². The van der Waals surface area contributed by atoms with Crippen LogP contribution in [0.1, 0.15) is 25.7 Å². The molecule has 0 aliphatic carbocycles. The molecule has 0 N–H and O–H groups in total. The van der Waals surface area contributed by atoms with E-state index >= 15 is 0 Å². The van der Waals surface area contributed by atoms with Crippen LogP contribution in [0.2, 0.25) is 0 Å². The van der Waals surface area contributed by atoms with Crippen LogP contribution in [0.3, 0.4) is 0 Å². The maximum atomic E-state index is 13.0. The van der Waals surface area contributed by atoms with E-state index in [9.17, 15) is 18.4 Å². The molecule has 0 spiro atoms. The number of carbonyl (C=O) groups excluding carboxylic acids is 2. The number of ether oxygens (including phenoxy) is 1. The molecule has 0 radical (unpaired) electrons. The standard InChI is InChI=1S/C18H25N3O5S2/c22-17(19-8-5-15(6-9-19)21-10-11-26-18(21)23)14-3-1-7-20(13-14)28(24,25)16-4-2-12-27-16/h2,4,12,14-15H,1,3,5-11,13H2. The maximum absolute atomic E-state index is 13.0. The van der Waals surface area contributed by atoms with E-state index in [0.717, 1.165) is 12.8 Å². The molecular weight excluding hydrogens is 402 g/mol. The lowest BCUT2D eigenvalue weighted by Crippen LogP contribution is -2.52. The highest BCUT2D eigenvalue weighted by Crippen LogP contribution is 2.31. The molecule has 4 heterocycles. The van der Waals surface area contributed by atoms with E-state index in [1.807, 2.05) is 4.90 Å². The summed E-state index contributed by atoms with van der Waals surface area (Å²) in [5.41, 5.74) is 0. The number of thiophene rings is 1. The molecule has 154 valence electrons. The molecule has 3 saturated heterocycles. The lowest BCUT2D eigenvalue weighted by atomic mass is 9.96. The van der Waals surface area contributed by atoms with Crippen LogP contribution in [0.4, 0.5) is 4.79 Å². The Kier molecular flexibility index (Phi) is 5.73. The van der Waals surface area contributed by atoms with Gasteiger partial charge in [0.2, 0.25) is 10.1 Å². The number of rotatable bonds is 4. The van der Waals surface area contributed by atoms with Crippen LogP contribution in [0, 0.1) is 5.92 Å². The second kappa shape index (κ2) is 8.10. The summed E-state index contributed by atoms with van der Waals surface area (Å²) in [6, 6.07) is 3.46. The fraction of sp³-hybridized carbons (Fsp3) is 0.667. The van der Waals surface area contributed by atoms with Gasteiger partial charge in [0.05, 0.1) is 19.0 Å². The largest absolute Gasteiger partial charge is 0.592 e. The first-order chi connectivity index (χ1) is 13.5. The number of sulfonamides is 1. The highest BCUT2D eigenvalue weighted by atomic mass is 32.3. The average Bonchev–Trinajstić information content (AvgIpc) is 3.40. The fourth-order valence-corrected chi connectivity index (χ4v) is 6.96. The topological polar surface area (TPSA) is 93.2 Å². The Hall–Kier alpha value is -1.49. The summed E-state index contributed by atoms with van der Waals surface area (Å²) in [5.74, 6) is -0.259. The minimum atomic E-state index is -3.52. The van der Waals surface area contributed by atoms with Crippen LogP contribution in [0.5, 0.6) is 0 Å². The van der Waals surface area contributed by atoms with Gasteiger partial charge in [0.25, 0.3) is 0 Å². The Morgan fingerprint density at radius 3 is 2.64 bits per heavy atom. The SMILES string of the molecule is O=C(C1CCCN([S+](=O)([O-])c2cccs2)C1)N1CCC(N2CCOC2=O)CC1. The molecule has 2 unspecified atom stereocenters. The Morgan fingerprint density at radius 2 is 2.00 bits per heavy atom. The lowest BCUT2D eigenvalue weighted by molar-refractivity contribution is -0.138. The smallest absolute Gasteiger partial charge is 0.410 e. The second-order valence-corrected chi connectivity index (χ2v) is 10.6. The van der Waals surface area contributed by atoms with Crippen molar-refractivity contribution in [3.63, 3.8) is 0 Å². The van der Waals surface area contributed by atoms with Gasteiger partial charge in [-0.15, -0.1) is 4.31 Å². The third-order valence-corrected chi connectivity index (χ3v) is 9.07. The molecule has 4 rings (SSSR count). The van der Waals surface area contributed by atoms with Gasteiger partial charge in [-0.3, -0.25) is 4.79 Å². The molecular formula is C18H25N3O5S2. The summed E-state index contributed by atoms with van der Waals surface area (Å²) >= 11 is 1.21. The van der Waals surface area contributed by atoms with Gasteiger partial charge in [0.1, 0.15) is 6.61 Å². The van der Waals surface area contributed by atoms with Crippen molar-refractivity contribution in [1.29, 1.82) is 0 Å². The van der Waals surface area contributed by atoms with E-state index in [0.29, 0.717) is 49.8 Å². The van der Waals surface area contributed by atoms with Gasteiger partial charge in [0, 0.05) is 31.7 Å². The number of amides is 2. The molecule has 0 bridgehead atoms. The Bertz CT molecular complexity index is 763. The molecule has 3 fully saturated rings. The van der Waals surface area contributed by atoms with Crippen molar-refractivity contribution in [3.05, 3.63) is 17.5 Å². The van der Waals surface area contributed by atoms with E-state index in [2.05, 4.69) is 0 Å². The number of hydrogen-bond acceptors (Lipinski definition) is 6. The maximum Gasteiger partial charge on any atom is 0.410 e. The van der Waals surface area contributed by atoms with Gasteiger partial charge in [-0.1, -0.05) is 15.5 Å². The first-order valence-electron chi connectivity index (χ1n) is 9.72. The Morgan fingerprint density at radius 1 is 1.21 bits per heavy atom. The zero-order valence-corrected chi connectivity index (χ0v) is 17.3. The molecule has 0 saturated carbocycles. The number of cyclic esters (lactones) is 1. The quantitative estimate of drug-likeness (QED) is 0.683. The summed E-state index contributed by atoms with van der Waals surface area (Å²) < 4.78 is 32.3. The zero-order chi connectivity index (χ0) is 19.7. The number of piperidine rings is 2. The van der Waals surface area contributed by atoms with Crippen LogP contribution in [0.25, 0.3) is 0 Å². The molecule has 8 nitrogen and oxygen atoms in total. The second-order valence-electron chi connectivity index (χ2n) is 7.50. The predicted molar refractivity (Wildman–Crippen MR) is 103 cm³/mol. The first-order valence-corrected chi connectivity index (χ1v) is 12.0. The minimum Gasteiger partial charge on any atom is -0.592 e. The minimum absolute atomic E-state index is 0.0357. The van der Waals surface area contributed by atoms with E-state index in [-0.39, 0.29) is 30.5 Å². The number of likely N-dealkylation sites (tertiary alicyclic amines) is 1. The molecule has 10 heteroatoms. The molecule has 2 atom stereocenters. The Labute approximate surface area is 169 Å². The molecule has 0 aromatic carbocycles. The number of hydrogen-bond donors (Lipinski definition) is 0. The monoisotopic (exact) mass is 427 g/mol. The van der Waals surface area contributed by atoms with Crippen LogP contribution in [0.15, 0.2) is 21.7 Å². The number of nitrogens with zero attached hydrogens (tertiary/aromatic N) is 3. The molecule has 28 heavy (non-hydrogen) atoms. The van der Waals surface area contributed by atoms with Crippen LogP contribution < -0.4 is 0 Å². The molecule has 3 aliphatic rings. The van der Waals surface area contributed by atoms with Gasteiger partial charge in [-0.05, 0) is 37.1 Å². The van der Waals surface area contributed by atoms with Crippen LogP contribution in [-0.2, 0) is 24.1 Å². The van der Waals surface area contributed by atoms with Crippen molar-refractivity contribution in [2.45, 2.75) is 35.9 Å². The van der Waals surface area contributed by atoms with Crippen molar-refractivity contribution in [1.82, 2.24) is 14.1 Å². The molecule has 1 aromatic heterocycles. The zero-order valence-electron chi connectivity index (χ0n) is 15.7. The molecule has 2 amide bonds. The summed E-state index contributed by atoms with van der Waals surface area (Å²) in [4.78, 5) is 28.3. The first kappa shape index (κ1) is 19.8. The van der Waals surface area contributed by atoms with E-state index < -0.39 is 10.4 Å². The predicted octanol–water partition coefficient (Wildman–Crippen LogP) is 1.81. The highest BCUT2D eigenvalue weighted by molar-refractivity contribution is 7.97. The van der Waals surface area contributed by atoms with Crippen molar-refractivity contribution in [2.24, 2.45) is 5.92 Å². The van der Waals surface area contributed by atoms with Crippen LogP contribution >= 0.6 is 11.3 Å². The lowest BCUT2D eigenvalue weighted by Gasteiger charge is -2.39. The van der Waals surface area contributed by atoms with Gasteiger partial charge < -0.3 is 19.1 Å². The summed E-state index contributed by atoms with van der Waals surface area (Å²) in [6.45, 7) is 2.97. The average molecular weight is 428 g/mol. The number of carbonyl (C=O) groups is 2. The van der Waals surface area contributed by atoms with Crippen molar-refractivity contribution in [3.8, 4) is 0 Å². The van der Waals surface area contributed by atoms with Gasteiger partial charge in [-0.25, -0.2) is 4.79 Å². The molecule has 3 aliphatic heterocycles. The van der Waals surface area contributed by atoms with Gasteiger partial charge in [-0.2, -0.15) is 0 Å². The fourth-order valence-electron chi connectivity index (χ4n) is 4.29. The third kappa shape index (κ3) is 3.83. The van der Waals surface area contributed by atoms with Crippen molar-refractivity contribution in [2.75, 3.05) is 39.3 Å². The molecule has 1 aromatic rings. The normalized spacial score (nSPS) is 26.9. The Balaban J connectivity index is 1.35. The summed E-state index contributed by atoms with van der Waals surface area (Å²) in [6.07, 6.45) is 2.63. The van der Waals surface area contributed by atoms with Crippen molar-refractivity contribution < 1.29 is 23.1 Å². The van der Waals surface area contributed by atoms with Gasteiger partial charge in [0.15, 0.2) is 10.4 Å². The summed E-state index contributed by atoms with van der Waals surface area (Å²) in [7, 11) is -3.52. The van der Waals surface area contributed by atoms with Gasteiger partial charge >= 0.3 is 6.09 Å². The third-order valence-electron chi connectivity index (χ3n) is 5.83. The summed E-state index contributed by atoms with van der Waals surface area (Å²) in [5, 5.41) is 1.75. The van der Waals surface area contributed by atoms with Crippen molar-refractivity contribution >= 4 is 33.7 Å². The van der Waals surface area contributed by atoms with E-state index in [4.69, 9.17) is 4.74 Å². The van der Waals surface area contributed by atoms with E-state index in [1.165, 1.54) is 15.6 Å².